The van der Waals surface area contributed by atoms with Gasteiger partial charge in [0.2, 0.25) is 11.7 Å². The van der Waals surface area contributed by atoms with Gasteiger partial charge in [-0.15, -0.1) is 0 Å². The monoisotopic (exact) mass is 333 g/mol. The molecule has 0 radical (unpaired) electrons. The van der Waals surface area contributed by atoms with Gasteiger partial charge in [0, 0.05) is 23.4 Å². The van der Waals surface area contributed by atoms with Crippen molar-refractivity contribution >= 4 is 23.2 Å². The molecule has 2 aromatic carbocycles. The Bertz CT molecular complexity index is 792. The second-order valence-electron chi connectivity index (χ2n) is 4.65. The second kappa shape index (κ2) is 7.18. The van der Waals surface area contributed by atoms with Gasteiger partial charge in [-0.3, -0.25) is 19.7 Å². The molecule has 0 aromatic heterocycles. The topological polar surface area (TPSA) is 125 Å². The molecule has 0 aliphatic heterocycles. The van der Waals surface area contributed by atoms with E-state index in [0.717, 1.165) is 18.2 Å². The minimum Gasteiger partial charge on any atom is -0.477 e. The van der Waals surface area contributed by atoms with Gasteiger partial charge in [0.25, 0.3) is 5.91 Å². The van der Waals surface area contributed by atoms with Gasteiger partial charge in [-0.2, -0.15) is 0 Å². The van der Waals surface area contributed by atoms with E-state index < -0.39 is 34.8 Å². The normalized spacial score (nSPS) is 10.0. The lowest BCUT2D eigenvalue weighted by Crippen LogP contribution is -2.20. The van der Waals surface area contributed by atoms with Crippen LogP contribution in [0.2, 0.25) is 0 Å². The first kappa shape index (κ1) is 16.9. The first-order chi connectivity index (χ1) is 11.4. The van der Waals surface area contributed by atoms with Crippen LogP contribution in [-0.2, 0) is 4.79 Å². The number of hydrogen-bond acceptors (Lipinski definition) is 5. The molecular formula is C15H12FN3O5. The van der Waals surface area contributed by atoms with E-state index in [9.17, 15) is 24.1 Å². The van der Waals surface area contributed by atoms with Crippen LogP contribution in [0.1, 0.15) is 10.4 Å². The van der Waals surface area contributed by atoms with E-state index in [-0.39, 0.29) is 11.3 Å². The molecule has 0 spiro atoms. The van der Waals surface area contributed by atoms with Gasteiger partial charge in [-0.1, -0.05) is 0 Å². The van der Waals surface area contributed by atoms with Crippen molar-refractivity contribution in [1.82, 2.24) is 0 Å². The minimum atomic E-state index is -0.741. The van der Waals surface area contributed by atoms with E-state index in [4.69, 9.17) is 10.5 Å². The maximum Gasteiger partial charge on any atom is 0.311 e. The summed E-state index contributed by atoms with van der Waals surface area (Å²) in [6, 6.07) is 8.47. The summed E-state index contributed by atoms with van der Waals surface area (Å²) in [6.45, 7) is -0.554. The smallest absolute Gasteiger partial charge is 0.311 e. The van der Waals surface area contributed by atoms with Gasteiger partial charge in [0.1, 0.15) is 5.82 Å². The summed E-state index contributed by atoms with van der Waals surface area (Å²) in [5.41, 5.74) is 5.30. The fraction of sp³-hybridized carbons (Fsp3) is 0.0667. The molecule has 24 heavy (non-hydrogen) atoms. The van der Waals surface area contributed by atoms with Gasteiger partial charge in [0.05, 0.1) is 4.92 Å². The number of nitrogens with zero attached hydrogens (tertiary/aromatic N) is 1. The number of nitro benzene ring substituents is 1. The zero-order valence-electron chi connectivity index (χ0n) is 12.2. The first-order valence-electron chi connectivity index (χ1n) is 6.63. The van der Waals surface area contributed by atoms with Crippen LogP contribution in [-0.4, -0.2) is 23.3 Å². The Labute approximate surface area is 135 Å². The zero-order valence-corrected chi connectivity index (χ0v) is 12.2. The Morgan fingerprint density at radius 3 is 2.46 bits per heavy atom. The SMILES string of the molecule is NC(=O)c1ccc(NC(=O)COc2cc(F)ccc2[N+](=O)[O-])cc1. The predicted octanol–water partition coefficient (Wildman–Crippen LogP) is 1.85. The lowest BCUT2D eigenvalue weighted by Gasteiger charge is -2.08. The van der Waals surface area contributed by atoms with Crippen molar-refractivity contribution in [2.24, 2.45) is 5.73 Å². The molecule has 0 unspecified atom stereocenters. The third-order valence-corrected chi connectivity index (χ3v) is 2.93. The van der Waals surface area contributed by atoms with Crippen LogP contribution in [0, 0.1) is 15.9 Å². The molecule has 0 saturated carbocycles. The lowest BCUT2D eigenvalue weighted by atomic mass is 10.2. The Balaban J connectivity index is 1.99. The molecule has 2 amide bonds. The van der Waals surface area contributed by atoms with Crippen molar-refractivity contribution in [1.29, 1.82) is 0 Å². The summed E-state index contributed by atoms with van der Waals surface area (Å²) in [5.74, 6) is -2.28. The zero-order chi connectivity index (χ0) is 17.7. The van der Waals surface area contributed by atoms with Crippen LogP contribution in [0.5, 0.6) is 5.75 Å². The molecule has 3 N–H and O–H groups in total. The number of nitrogens with one attached hydrogen (secondary N) is 1. The molecule has 2 aromatic rings. The van der Waals surface area contributed by atoms with Gasteiger partial charge in [0.15, 0.2) is 6.61 Å². The molecule has 0 saturated heterocycles. The third-order valence-electron chi connectivity index (χ3n) is 2.93. The summed E-state index contributed by atoms with van der Waals surface area (Å²) in [6.07, 6.45) is 0. The van der Waals surface area contributed by atoms with Crippen molar-refractivity contribution in [3.8, 4) is 5.75 Å². The number of rotatable bonds is 6. The summed E-state index contributed by atoms with van der Waals surface area (Å²) in [4.78, 5) is 32.8. The highest BCUT2D eigenvalue weighted by Crippen LogP contribution is 2.27. The fourth-order valence-electron chi connectivity index (χ4n) is 1.81. The number of hydrogen-bond donors (Lipinski definition) is 2. The van der Waals surface area contributed by atoms with Crippen LogP contribution in [0.3, 0.4) is 0 Å². The highest BCUT2D eigenvalue weighted by atomic mass is 19.1. The van der Waals surface area contributed by atoms with Crippen LogP contribution in [0.4, 0.5) is 15.8 Å². The van der Waals surface area contributed by atoms with Crippen molar-refractivity contribution < 1.29 is 23.6 Å². The van der Waals surface area contributed by atoms with Crippen LogP contribution >= 0.6 is 0 Å². The number of nitro groups is 1. The molecule has 0 heterocycles. The highest BCUT2D eigenvalue weighted by molar-refractivity contribution is 5.95. The van der Waals surface area contributed by atoms with E-state index in [0.29, 0.717) is 5.69 Å². The number of anilines is 1. The largest absolute Gasteiger partial charge is 0.477 e. The maximum absolute atomic E-state index is 13.1. The van der Waals surface area contributed by atoms with E-state index >= 15 is 0 Å². The van der Waals surface area contributed by atoms with Crippen LogP contribution < -0.4 is 15.8 Å². The molecule has 8 nitrogen and oxygen atoms in total. The quantitative estimate of drug-likeness (QED) is 0.616. The molecule has 2 rings (SSSR count). The predicted molar refractivity (Wildman–Crippen MR) is 82.1 cm³/mol. The van der Waals surface area contributed by atoms with Crippen molar-refractivity contribution in [3.63, 3.8) is 0 Å². The molecule has 124 valence electrons. The highest BCUT2D eigenvalue weighted by Gasteiger charge is 2.17. The number of carbonyl (C=O) groups excluding carboxylic acids is 2. The molecular weight excluding hydrogens is 321 g/mol. The third kappa shape index (κ3) is 4.26. The van der Waals surface area contributed by atoms with E-state index in [1.807, 2.05) is 0 Å². The van der Waals surface area contributed by atoms with E-state index in [1.165, 1.54) is 24.3 Å². The number of carbonyl (C=O) groups is 2. The number of halogens is 1. The Hall–Kier alpha value is -3.49. The van der Waals surface area contributed by atoms with Crippen molar-refractivity contribution in [3.05, 3.63) is 64.0 Å². The van der Waals surface area contributed by atoms with Gasteiger partial charge in [-0.25, -0.2) is 4.39 Å². The summed E-state index contributed by atoms with van der Waals surface area (Å²) >= 11 is 0. The number of ether oxygens (including phenoxy) is 1. The first-order valence-corrected chi connectivity index (χ1v) is 6.63. The molecule has 0 atom stereocenters. The van der Waals surface area contributed by atoms with Gasteiger partial charge in [-0.05, 0) is 30.3 Å². The molecule has 0 fully saturated rings. The molecule has 0 bridgehead atoms. The average molecular weight is 333 g/mol. The van der Waals surface area contributed by atoms with Crippen LogP contribution in [0.25, 0.3) is 0 Å². The number of nitrogens with two attached hydrogens (primary N) is 1. The van der Waals surface area contributed by atoms with E-state index in [2.05, 4.69) is 5.32 Å². The summed E-state index contributed by atoms with van der Waals surface area (Å²) in [5, 5.41) is 13.3. The molecule has 0 aliphatic carbocycles. The summed E-state index contributed by atoms with van der Waals surface area (Å²) in [7, 11) is 0. The fourth-order valence-corrected chi connectivity index (χ4v) is 1.81. The molecule has 9 heteroatoms. The standard InChI is InChI=1S/C15H12FN3O5/c16-10-3-6-12(19(22)23)13(7-10)24-8-14(20)18-11-4-1-9(2-5-11)15(17)21/h1-7H,8H2,(H2,17,21)(H,18,20). The van der Waals surface area contributed by atoms with Crippen molar-refractivity contribution in [2.45, 2.75) is 0 Å². The Kier molecular flexibility index (Phi) is 5.05. The van der Waals surface area contributed by atoms with E-state index in [1.54, 1.807) is 0 Å². The number of benzene rings is 2. The van der Waals surface area contributed by atoms with Crippen molar-refractivity contribution in [2.75, 3.05) is 11.9 Å². The van der Waals surface area contributed by atoms with Crippen LogP contribution in [0.15, 0.2) is 42.5 Å². The number of primary amides is 1. The average Bonchev–Trinajstić information content (AvgIpc) is 2.53. The Morgan fingerprint density at radius 1 is 1.21 bits per heavy atom. The number of amides is 2. The summed E-state index contributed by atoms with van der Waals surface area (Å²) < 4.78 is 18.2. The lowest BCUT2D eigenvalue weighted by molar-refractivity contribution is -0.385. The van der Waals surface area contributed by atoms with Gasteiger partial charge >= 0.3 is 5.69 Å². The molecule has 0 aliphatic rings. The van der Waals surface area contributed by atoms with Gasteiger partial charge < -0.3 is 15.8 Å². The Morgan fingerprint density at radius 2 is 1.88 bits per heavy atom. The maximum atomic E-state index is 13.1. The minimum absolute atomic E-state index is 0.277. The second-order valence-corrected chi connectivity index (χ2v) is 4.65.